The molecule has 2 N–H and O–H groups in total. The molecule has 2 atom stereocenters. The van der Waals surface area contributed by atoms with Crippen LogP contribution >= 0.6 is 0 Å². The third kappa shape index (κ3) is 2.66. The number of aryl methyl sites for hydroxylation is 1. The first-order valence-corrected chi connectivity index (χ1v) is 6.44. The second-order valence-electron chi connectivity index (χ2n) is 4.88. The zero-order valence-electron chi connectivity index (χ0n) is 11.1. The molecule has 0 radical (unpaired) electrons. The standard InChI is InChI=1S/C12H17N3O5/c1-2-3-13-5-8(15(19)20)4-9(13)12(18)14-6-10(16)11(17)7-14/h4-5,10-11,16-17H,2-3,6-7H2,1H3. The molecule has 1 aromatic heterocycles. The van der Waals surface area contributed by atoms with Crippen molar-refractivity contribution in [3.63, 3.8) is 0 Å². The third-order valence-corrected chi connectivity index (χ3v) is 3.32. The highest BCUT2D eigenvalue weighted by Gasteiger charge is 2.34. The van der Waals surface area contributed by atoms with Crippen LogP contribution in [-0.2, 0) is 6.54 Å². The van der Waals surface area contributed by atoms with Crippen molar-refractivity contribution in [1.82, 2.24) is 9.47 Å². The van der Waals surface area contributed by atoms with Gasteiger partial charge in [-0.25, -0.2) is 0 Å². The van der Waals surface area contributed by atoms with Crippen molar-refractivity contribution in [3.8, 4) is 0 Å². The molecule has 8 heteroatoms. The fourth-order valence-electron chi connectivity index (χ4n) is 2.30. The van der Waals surface area contributed by atoms with Gasteiger partial charge in [0.25, 0.3) is 11.6 Å². The van der Waals surface area contributed by atoms with Crippen molar-refractivity contribution >= 4 is 11.6 Å². The highest BCUT2D eigenvalue weighted by Crippen LogP contribution is 2.21. The first-order chi connectivity index (χ1) is 9.43. The summed E-state index contributed by atoms with van der Waals surface area (Å²) in [4.78, 5) is 23.9. The van der Waals surface area contributed by atoms with Crippen LogP contribution in [0.4, 0.5) is 5.69 Å². The molecule has 1 aliphatic heterocycles. The predicted octanol–water partition coefficient (Wildman–Crippen LogP) is -0.0161. The SMILES string of the molecule is CCCn1cc([N+](=O)[O-])cc1C(=O)N1CC(O)C(O)C1. The maximum absolute atomic E-state index is 12.3. The van der Waals surface area contributed by atoms with E-state index in [0.717, 1.165) is 6.42 Å². The second-order valence-corrected chi connectivity index (χ2v) is 4.88. The van der Waals surface area contributed by atoms with Crippen LogP contribution in [-0.4, -0.2) is 55.8 Å². The van der Waals surface area contributed by atoms with E-state index in [1.807, 2.05) is 6.92 Å². The summed E-state index contributed by atoms with van der Waals surface area (Å²) >= 11 is 0. The average Bonchev–Trinajstić information content (AvgIpc) is 2.94. The number of β-amino-alcohol motifs (C(OH)–C–C–N with tert-alkyl or cyclic N) is 2. The number of rotatable bonds is 4. The summed E-state index contributed by atoms with van der Waals surface area (Å²) in [6, 6.07) is 1.23. The van der Waals surface area contributed by atoms with Crippen LogP contribution in [0.15, 0.2) is 12.3 Å². The lowest BCUT2D eigenvalue weighted by molar-refractivity contribution is -0.384. The van der Waals surface area contributed by atoms with Gasteiger partial charge in [0.15, 0.2) is 0 Å². The number of hydrogen-bond acceptors (Lipinski definition) is 5. The normalized spacial score (nSPS) is 22.2. The lowest BCUT2D eigenvalue weighted by Crippen LogP contribution is -2.31. The van der Waals surface area contributed by atoms with Gasteiger partial charge in [-0.3, -0.25) is 14.9 Å². The van der Waals surface area contributed by atoms with Gasteiger partial charge in [0.05, 0.1) is 23.3 Å². The summed E-state index contributed by atoms with van der Waals surface area (Å²) < 4.78 is 1.54. The topological polar surface area (TPSA) is 109 Å². The Morgan fingerprint density at radius 2 is 2.05 bits per heavy atom. The molecular weight excluding hydrogens is 266 g/mol. The van der Waals surface area contributed by atoms with Crippen LogP contribution in [0.1, 0.15) is 23.8 Å². The van der Waals surface area contributed by atoms with E-state index in [1.54, 1.807) is 0 Å². The van der Waals surface area contributed by atoms with Gasteiger partial charge >= 0.3 is 0 Å². The Hall–Kier alpha value is -1.93. The minimum atomic E-state index is -0.969. The molecule has 2 rings (SSSR count). The van der Waals surface area contributed by atoms with Crippen molar-refractivity contribution in [3.05, 3.63) is 28.1 Å². The fraction of sp³-hybridized carbons (Fsp3) is 0.583. The van der Waals surface area contributed by atoms with E-state index in [4.69, 9.17) is 0 Å². The number of carbonyl (C=O) groups excluding carboxylic acids is 1. The number of aliphatic hydroxyl groups excluding tert-OH is 2. The molecule has 8 nitrogen and oxygen atoms in total. The Kier molecular flexibility index (Phi) is 4.05. The first-order valence-electron chi connectivity index (χ1n) is 6.44. The smallest absolute Gasteiger partial charge is 0.287 e. The van der Waals surface area contributed by atoms with Gasteiger partial charge in [-0.05, 0) is 6.42 Å². The van der Waals surface area contributed by atoms with E-state index >= 15 is 0 Å². The van der Waals surface area contributed by atoms with Crippen molar-refractivity contribution in [2.45, 2.75) is 32.1 Å². The summed E-state index contributed by atoms with van der Waals surface area (Å²) in [6.45, 7) is 2.47. The van der Waals surface area contributed by atoms with Crippen LogP contribution < -0.4 is 0 Å². The second kappa shape index (κ2) is 5.59. The Morgan fingerprint density at radius 1 is 1.45 bits per heavy atom. The molecule has 110 valence electrons. The maximum atomic E-state index is 12.3. The molecule has 2 unspecified atom stereocenters. The Bertz CT molecular complexity index is 517. The molecule has 0 aliphatic carbocycles. The van der Waals surface area contributed by atoms with E-state index in [0.29, 0.717) is 6.54 Å². The fourth-order valence-corrected chi connectivity index (χ4v) is 2.30. The lowest BCUT2D eigenvalue weighted by Gasteiger charge is -2.16. The summed E-state index contributed by atoms with van der Waals surface area (Å²) in [5, 5.41) is 29.7. The third-order valence-electron chi connectivity index (χ3n) is 3.32. The van der Waals surface area contributed by atoms with E-state index in [2.05, 4.69) is 0 Å². The number of nitro groups is 1. The molecule has 0 spiro atoms. The highest BCUT2D eigenvalue weighted by molar-refractivity contribution is 5.93. The quantitative estimate of drug-likeness (QED) is 0.596. The average molecular weight is 283 g/mol. The monoisotopic (exact) mass is 283 g/mol. The molecule has 1 aliphatic rings. The molecule has 0 bridgehead atoms. The zero-order chi connectivity index (χ0) is 14.9. The first kappa shape index (κ1) is 14.5. The minimum absolute atomic E-state index is 0.0328. The van der Waals surface area contributed by atoms with E-state index in [9.17, 15) is 25.1 Å². The van der Waals surface area contributed by atoms with Gasteiger partial charge in [-0.15, -0.1) is 0 Å². The molecule has 1 saturated heterocycles. The molecule has 1 aromatic rings. The molecular formula is C12H17N3O5. The molecule has 1 fully saturated rings. The molecule has 20 heavy (non-hydrogen) atoms. The van der Waals surface area contributed by atoms with Crippen molar-refractivity contribution in [2.75, 3.05) is 13.1 Å². The summed E-state index contributed by atoms with van der Waals surface area (Å²) in [7, 11) is 0. The Morgan fingerprint density at radius 3 is 2.55 bits per heavy atom. The van der Waals surface area contributed by atoms with Crippen molar-refractivity contribution in [2.24, 2.45) is 0 Å². The van der Waals surface area contributed by atoms with Gasteiger partial charge in [0, 0.05) is 25.7 Å². The molecule has 1 amide bonds. The largest absolute Gasteiger partial charge is 0.388 e. The van der Waals surface area contributed by atoms with E-state index in [1.165, 1.54) is 21.7 Å². The Balaban J connectivity index is 2.26. The van der Waals surface area contributed by atoms with E-state index in [-0.39, 0.29) is 24.5 Å². The summed E-state index contributed by atoms with van der Waals surface area (Å²) in [5.41, 5.74) is 0.0712. The number of aliphatic hydroxyl groups is 2. The van der Waals surface area contributed by atoms with Crippen LogP contribution in [0, 0.1) is 10.1 Å². The summed E-state index contributed by atoms with van der Waals surface area (Å²) in [6.07, 6.45) is 0.129. The van der Waals surface area contributed by atoms with Gasteiger partial charge in [-0.1, -0.05) is 6.92 Å². The van der Waals surface area contributed by atoms with Gasteiger partial charge in [0.2, 0.25) is 0 Å². The van der Waals surface area contributed by atoms with Crippen LogP contribution in [0.3, 0.4) is 0 Å². The van der Waals surface area contributed by atoms with Gasteiger partial charge in [0.1, 0.15) is 5.69 Å². The zero-order valence-corrected chi connectivity index (χ0v) is 11.1. The highest BCUT2D eigenvalue weighted by atomic mass is 16.6. The number of carbonyl (C=O) groups is 1. The number of nitrogens with zero attached hydrogens (tertiary/aromatic N) is 3. The number of hydrogen-bond donors (Lipinski definition) is 2. The number of amides is 1. The van der Waals surface area contributed by atoms with Gasteiger partial charge < -0.3 is 19.7 Å². The molecule has 2 heterocycles. The van der Waals surface area contributed by atoms with Crippen LogP contribution in [0.25, 0.3) is 0 Å². The van der Waals surface area contributed by atoms with Crippen molar-refractivity contribution in [1.29, 1.82) is 0 Å². The molecule has 0 saturated carbocycles. The lowest BCUT2D eigenvalue weighted by atomic mass is 10.3. The van der Waals surface area contributed by atoms with Crippen LogP contribution in [0.2, 0.25) is 0 Å². The minimum Gasteiger partial charge on any atom is -0.388 e. The Labute approximate surface area is 115 Å². The maximum Gasteiger partial charge on any atom is 0.287 e. The number of aromatic nitrogens is 1. The molecule has 0 aromatic carbocycles. The van der Waals surface area contributed by atoms with Gasteiger partial charge in [-0.2, -0.15) is 0 Å². The van der Waals surface area contributed by atoms with Crippen molar-refractivity contribution < 1.29 is 19.9 Å². The predicted molar refractivity (Wildman–Crippen MR) is 69.3 cm³/mol. The van der Waals surface area contributed by atoms with E-state index < -0.39 is 23.0 Å². The number of likely N-dealkylation sites (tertiary alicyclic amines) is 1. The van der Waals surface area contributed by atoms with Crippen LogP contribution in [0.5, 0.6) is 0 Å². The summed E-state index contributed by atoms with van der Waals surface area (Å²) in [5.74, 6) is -0.415.